The molecule has 1 aromatic rings. The van der Waals surface area contributed by atoms with Gasteiger partial charge in [0.15, 0.2) is 0 Å². The molecule has 0 aliphatic heterocycles. The molecule has 8 heteroatoms. The van der Waals surface area contributed by atoms with Gasteiger partial charge in [0.1, 0.15) is 18.0 Å². The van der Waals surface area contributed by atoms with Crippen molar-refractivity contribution >= 4 is 34.4 Å². The van der Waals surface area contributed by atoms with Gasteiger partial charge in [-0.2, -0.15) is 0 Å². The fraction of sp³-hybridized carbons (Fsp3) is 0.520. The summed E-state index contributed by atoms with van der Waals surface area (Å²) in [5.74, 6) is 0.262. The van der Waals surface area contributed by atoms with Crippen LogP contribution in [0.4, 0.5) is 0 Å². The Balaban J connectivity index is 1.93. The lowest BCUT2D eigenvalue weighted by molar-refractivity contribution is -0.142. The molecule has 0 spiro atoms. The second-order valence-electron chi connectivity index (χ2n) is 8.51. The first kappa shape index (κ1) is 25.7. The van der Waals surface area contributed by atoms with E-state index in [9.17, 15) is 14.7 Å². The topological polar surface area (TPSA) is 99.1 Å². The minimum Gasteiger partial charge on any atom is -0.482 e. The average molecular weight is 568 g/mol. The van der Waals surface area contributed by atoms with E-state index in [1.165, 1.54) is 0 Å². The Bertz CT molecular complexity index is 868. The minimum absolute atomic E-state index is 0.0316. The van der Waals surface area contributed by atoms with Crippen LogP contribution in [0.25, 0.3) is 0 Å². The summed E-state index contributed by atoms with van der Waals surface area (Å²) in [5.41, 5.74) is 0.453. The highest BCUT2D eigenvalue weighted by Crippen LogP contribution is 2.34. The number of nitrogens with zero attached hydrogens (tertiary/aromatic N) is 1. The molecule has 7 nitrogen and oxygen atoms in total. The fourth-order valence-electron chi connectivity index (χ4n) is 4.63. The first-order valence-corrected chi connectivity index (χ1v) is 12.6. The highest BCUT2D eigenvalue weighted by Gasteiger charge is 2.43. The quantitative estimate of drug-likeness (QED) is 0.298. The summed E-state index contributed by atoms with van der Waals surface area (Å²) in [6.07, 6.45) is 6.59. The summed E-state index contributed by atoms with van der Waals surface area (Å²) >= 11 is 2.17. The van der Waals surface area contributed by atoms with Crippen molar-refractivity contribution in [1.82, 2.24) is 10.2 Å². The van der Waals surface area contributed by atoms with Crippen LogP contribution in [0.5, 0.6) is 5.75 Å². The Hall–Kier alpha value is -1.91. The number of rotatable bonds is 10. The zero-order valence-corrected chi connectivity index (χ0v) is 20.9. The van der Waals surface area contributed by atoms with Crippen molar-refractivity contribution in [2.45, 2.75) is 69.2 Å². The van der Waals surface area contributed by atoms with Gasteiger partial charge in [-0.3, -0.25) is 9.59 Å². The number of para-hydroxylation sites is 1. The van der Waals surface area contributed by atoms with Crippen molar-refractivity contribution in [2.24, 2.45) is 0 Å². The second kappa shape index (κ2) is 12.5. The maximum atomic E-state index is 13.3. The van der Waals surface area contributed by atoms with Crippen LogP contribution in [0.1, 0.15) is 44.9 Å². The molecule has 1 aromatic carbocycles. The summed E-state index contributed by atoms with van der Waals surface area (Å²) in [4.78, 5) is 27.9. The van der Waals surface area contributed by atoms with Gasteiger partial charge in [0.25, 0.3) is 0 Å². The second-order valence-corrected chi connectivity index (χ2v) is 9.68. The lowest BCUT2D eigenvalue weighted by atomic mass is 9.87. The monoisotopic (exact) mass is 568 g/mol. The predicted octanol–water partition coefficient (Wildman–Crippen LogP) is 2.94. The van der Waals surface area contributed by atoms with Crippen molar-refractivity contribution < 1.29 is 24.5 Å². The van der Waals surface area contributed by atoms with Crippen molar-refractivity contribution in [3.8, 4) is 5.75 Å². The molecule has 0 radical (unpaired) electrons. The molecule has 2 amide bonds. The largest absolute Gasteiger partial charge is 0.482 e. The molecular formula is C25H33IN2O5. The fourth-order valence-corrected chi connectivity index (χ4v) is 5.15. The number of allylic oxidation sites excluding steroid dienone is 1. The smallest absolute Gasteiger partial charge is 0.247 e. The Morgan fingerprint density at radius 1 is 1.27 bits per heavy atom. The van der Waals surface area contributed by atoms with Gasteiger partial charge >= 0.3 is 0 Å². The highest BCUT2D eigenvalue weighted by atomic mass is 127. The third-order valence-corrected chi connectivity index (χ3v) is 7.13. The van der Waals surface area contributed by atoms with E-state index in [0.717, 1.165) is 29.3 Å². The van der Waals surface area contributed by atoms with Crippen LogP contribution < -0.4 is 10.1 Å². The van der Waals surface area contributed by atoms with E-state index in [2.05, 4.69) is 34.5 Å². The van der Waals surface area contributed by atoms with Crippen LogP contribution >= 0.6 is 22.6 Å². The van der Waals surface area contributed by atoms with E-state index in [1.807, 2.05) is 29.2 Å². The first-order valence-electron chi connectivity index (χ1n) is 11.6. The molecule has 33 heavy (non-hydrogen) atoms. The average Bonchev–Trinajstić information content (AvgIpc) is 3.34. The summed E-state index contributed by atoms with van der Waals surface area (Å²) in [6, 6.07) is 6.95. The number of carbonyl (C=O) groups is 2. The van der Waals surface area contributed by atoms with Gasteiger partial charge in [-0.05, 0) is 60.1 Å². The number of benzene rings is 1. The zero-order valence-electron chi connectivity index (χ0n) is 18.8. The Morgan fingerprint density at radius 2 is 2.00 bits per heavy atom. The third-order valence-electron chi connectivity index (χ3n) is 6.24. The van der Waals surface area contributed by atoms with Crippen LogP contribution in [0.15, 0.2) is 48.6 Å². The number of amides is 2. The van der Waals surface area contributed by atoms with Gasteiger partial charge < -0.3 is 25.2 Å². The molecule has 3 atom stereocenters. The molecule has 3 N–H and O–H groups in total. The number of hydrogen-bond acceptors (Lipinski definition) is 5. The molecule has 0 bridgehead atoms. The van der Waals surface area contributed by atoms with Crippen LogP contribution in [-0.2, 0) is 9.59 Å². The number of nitrogens with one attached hydrogen (secondary N) is 1. The first-order chi connectivity index (χ1) is 16.0. The van der Waals surface area contributed by atoms with E-state index in [0.29, 0.717) is 24.2 Å². The summed E-state index contributed by atoms with van der Waals surface area (Å²) in [6.45, 7) is 3.69. The van der Waals surface area contributed by atoms with E-state index < -0.39 is 18.2 Å². The number of carbonyl (C=O) groups excluding carboxylic acids is 2. The number of aliphatic hydroxyl groups is 2. The Labute approximate surface area is 209 Å². The molecule has 3 unspecified atom stereocenters. The maximum absolute atomic E-state index is 13.3. The van der Waals surface area contributed by atoms with Crippen molar-refractivity contribution in [3.63, 3.8) is 0 Å². The molecule has 0 saturated heterocycles. The van der Waals surface area contributed by atoms with Gasteiger partial charge in [-0.25, -0.2) is 0 Å². The highest BCUT2D eigenvalue weighted by molar-refractivity contribution is 14.1. The van der Waals surface area contributed by atoms with Crippen molar-refractivity contribution in [3.05, 3.63) is 52.1 Å². The van der Waals surface area contributed by atoms with Gasteiger partial charge in [0.05, 0.1) is 16.2 Å². The molecule has 2 aliphatic rings. The maximum Gasteiger partial charge on any atom is 0.247 e. The molecule has 3 rings (SSSR count). The van der Waals surface area contributed by atoms with E-state index in [-0.39, 0.29) is 37.4 Å². The number of hydrogen-bond donors (Lipinski definition) is 3. The van der Waals surface area contributed by atoms with Crippen molar-refractivity contribution in [2.75, 3.05) is 13.2 Å². The normalized spacial score (nSPS) is 23.0. The van der Waals surface area contributed by atoms with Crippen LogP contribution in [0.3, 0.4) is 0 Å². The molecule has 0 heterocycles. The third kappa shape index (κ3) is 6.58. The predicted molar refractivity (Wildman–Crippen MR) is 135 cm³/mol. The summed E-state index contributed by atoms with van der Waals surface area (Å²) in [7, 11) is 0. The molecular weight excluding hydrogens is 535 g/mol. The van der Waals surface area contributed by atoms with E-state index >= 15 is 0 Å². The molecule has 2 aliphatic carbocycles. The zero-order chi connectivity index (χ0) is 23.8. The van der Waals surface area contributed by atoms with E-state index in [4.69, 9.17) is 9.84 Å². The van der Waals surface area contributed by atoms with Gasteiger partial charge in [-0.1, -0.05) is 31.1 Å². The number of aliphatic hydroxyl groups excluding tert-OH is 2. The lowest BCUT2D eigenvalue weighted by Crippen LogP contribution is -2.57. The van der Waals surface area contributed by atoms with Crippen LogP contribution in [0, 0.1) is 3.57 Å². The van der Waals surface area contributed by atoms with Crippen molar-refractivity contribution in [1.29, 1.82) is 0 Å². The van der Waals surface area contributed by atoms with Crippen LogP contribution in [-0.4, -0.2) is 64.4 Å². The Kier molecular flexibility index (Phi) is 9.76. The van der Waals surface area contributed by atoms with E-state index in [1.54, 1.807) is 12.2 Å². The molecule has 0 aromatic heterocycles. The lowest BCUT2D eigenvalue weighted by Gasteiger charge is -2.43. The van der Waals surface area contributed by atoms with Gasteiger partial charge in [0, 0.05) is 31.0 Å². The Morgan fingerprint density at radius 3 is 2.67 bits per heavy atom. The van der Waals surface area contributed by atoms with Gasteiger partial charge in [-0.15, -0.1) is 6.58 Å². The standard InChI is InChI=1S/C25H33IN2O5/c1-2-3-12-23(30)28(18-8-4-5-9-18)20-15-17(25(32)27-13-14-29)16-22(24(20)31)33-21-11-7-6-10-19(21)26/h2,6-7,10-11,16,18,20,22,24,29,31H,1,3-5,8-9,12-15H2,(H,27,32). The number of halogens is 1. The molecule has 1 fully saturated rings. The summed E-state index contributed by atoms with van der Waals surface area (Å²) < 4.78 is 7.06. The SMILES string of the molecule is C=CCCC(=O)N(C1CCCC1)C1CC(C(=O)NCCO)=CC(Oc2ccccc2I)C1O. The molecule has 1 saturated carbocycles. The summed E-state index contributed by atoms with van der Waals surface area (Å²) in [5, 5.41) is 23.2. The van der Waals surface area contributed by atoms with Gasteiger partial charge in [0.2, 0.25) is 11.8 Å². The molecule has 180 valence electrons. The minimum atomic E-state index is -0.983. The number of ether oxygens (including phenoxy) is 1. The van der Waals surface area contributed by atoms with Crippen LogP contribution in [0.2, 0.25) is 0 Å².